The van der Waals surface area contributed by atoms with Crippen molar-refractivity contribution in [3.05, 3.63) is 28.2 Å². The third-order valence-corrected chi connectivity index (χ3v) is 4.07. The molecule has 0 saturated heterocycles. The maximum absolute atomic E-state index is 12.1. The Kier molecular flexibility index (Phi) is 2.93. The number of carbonyl (C=O) groups is 1. The van der Waals surface area contributed by atoms with Gasteiger partial charge in [-0.3, -0.25) is 9.59 Å². The standard InChI is InChI=1S/C14H19N3O2/c1-16-12-6-13(18)17(7-9-2-3-9)8-10(12)4-5-11(15)14(16)19/h6,8-9,11H,2-5,7,15H2,1H3/t11-/m0/s1. The highest BCUT2D eigenvalue weighted by Crippen LogP contribution is 2.31. The van der Waals surface area contributed by atoms with E-state index in [-0.39, 0.29) is 11.5 Å². The van der Waals surface area contributed by atoms with Crippen molar-refractivity contribution in [3.8, 4) is 0 Å². The number of aryl methyl sites for hydroxylation is 1. The van der Waals surface area contributed by atoms with E-state index in [1.54, 1.807) is 17.7 Å². The van der Waals surface area contributed by atoms with Crippen LogP contribution in [-0.4, -0.2) is 23.6 Å². The molecule has 0 radical (unpaired) electrons. The molecule has 0 spiro atoms. The summed E-state index contributed by atoms with van der Waals surface area (Å²) >= 11 is 0. The summed E-state index contributed by atoms with van der Waals surface area (Å²) < 4.78 is 1.78. The van der Waals surface area contributed by atoms with Gasteiger partial charge in [-0.2, -0.15) is 0 Å². The predicted molar refractivity (Wildman–Crippen MR) is 73.1 cm³/mol. The zero-order valence-corrected chi connectivity index (χ0v) is 11.1. The van der Waals surface area contributed by atoms with Crippen LogP contribution in [0.25, 0.3) is 0 Å². The number of nitrogens with zero attached hydrogens (tertiary/aromatic N) is 2. The quantitative estimate of drug-likeness (QED) is 0.842. The van der Waals surface area contributed by atoms with Gasteiger partial charge in [0.25, 0.3) is 5.56 Å². The number of hydrogen-bond acceptors (Lipinski definition) is 3. The SMILES string of the molecule is CN1C(=O)[C@@H](N)CCc2cn(CC3CC3)c(=O)cc21. The van der Waals surface area contributed by atoms with Crippen LogP contribution >= 0.6 is 0 Å². The number of nitrogens with two attached hydrogens (primary N) is 1. The third kappa shape index (κ3) is 2.30. The van der Waals surface area contributed by atoms with Gasteiger partial charge in [0.05, 0.1) is 11.7 Å². The molecule has 1 amide bonds. The minimum absolute atomic E-state index is 0.0271. The van der Waals surface area contributed by atoms with Crippen molar-refractivity contribution >= 4 is 11.6 Å². The van der Waals surface area contributed by atoms with Crippen molar-refractivity contribution < 1.29 is 4.79 Å². The second kappa shape index (κ2) is 4.49. The fourth-order valence-electron chi connectivity index (χ4n) is 2.64. The van der Waals surface area contributed by atoms with Gasteiger partial charge in [-0.05, 0) is 37.2 Å². The molecule has 3 rings (SSSR count). The first-order valence-corrected chi connectivity index (χ1v) is 6.83. The molecule has 102 valence electrons. The molecular weight excluding hydrogens is 242 g/mol. The second-order valence-electron chi connectivity index (χ2n) is 5.66. The van der Waals surface area contributed by atoms with E-state index >= 15 is 0 Å². The number of fused-ring (bicyclic) bond motifs is 1. The van der Waals surface area contributed by atoms with Gasteiger partial charge in [0.15, 0.2) is 0 Å². The van der Waals surface area contributed by atoms with Crippen molar-refractivity contribution in [2.24, 2.45) is 11.7 Å². The smallest absolute Gasteiger partial charge is 0.252 e. The van der Waals surface area contributed by atoms with Crippen LogP contribution in [0.1, 0.15) is 24.8 Å². The Labute approximate surface area is 112 Å². The number of aromatic nitrogens is 1. The fourth-order valence-corrected chi connectivity index (χ4v) is 2.64. The van der Waals surface area contributed by atoms with E-state index in [0.717, 1.165) is 24.2 Å². The van der Waals surface area contributed by atoms with Crippen LogP contribution in [0, 0.1) is 5.92 Å². The average molecular weight is 261 g/mol. The molecule has 0 aromatic carbocycles. The molecule has 2 heterocycles. The van der Waals surface area contributed by atoms with Gasteiger partial charge in [0.1, 0.15) is 0 Å². The van der Waals surface area contributed by atoms with Gasteiger partial charge >= 0.3 is 0 Å². The Morgan fingerprint density at radius 2 is 2.05 bits per heavy atom. The fraction of sp³-hybridized carbons (Fsp3) is 0.571. The minimum Gasteiger partial charge on any atom is -0.320 e. The van der Waals surface area contributed by atoms with Crippen molar-refractivity contribution in [1.29, 1.82) is 0 Å². The van der Waals surface area contributed by atoms with Crippen molar-refractivity contribution in [2.75, 3.05) is 11.9 Å². The monoisotopic (exact) mass is 261 g/mol. The van der Waals surface area contributed by atoms with Gasteiger partial charge in [-0.1, -0.05) is 0 Å². The first-order valence-electron chi connectivity index (χ1n) is 6.83. The van der Waals surface area contributed by atoms with E-state index < -0.39 is 6.04 Å². The van der Waals surface area contributed by atoms with Crippen molar-refractivity contribution in [2.45, 2.75) is 38.3 Å². The van der Waals surface area contributed by atoms with Crippen LogP contribution in [-0.2, 0) is 17.8 Å². The van der Waals surface area contributed by atoms with E-state index in [9.17, 15) is 9.59 Å². The molecule has 5 nitrogen and oxygen atoms in total. The lowest BCUT2D eigenvalue weighted by molar-refractivity contribution is -0.119. The number of likely N-dealkylation sites (N-methyl/N-ethyl adjacent to an activating group) is 1. The van der Waals surface area contributed by atoms with E-state index in [0.29, 0.717) is 12.3 Å². The Morgan fingerprint density at radius 3 is 2.74 bits per heavy atom. The van der Waals surface area contributed by atoms with Gasteiger partial charge in [-0.15, -0.1) is 0 Å². The summed E-state index contributed by atoms with van der Waals surface area (Å²) in [4.78, 5) is 25.6. The van der Waals surface area contributed by atoms with E-state index in [1.807, 2.05) is 6.20 Å². The molecular formula is C14H19N3O2. The number of carbonyl (C=O) groups excluding carboxylic acids is 1. The summed E-state index contributed by atoms with van der Waals surface area (Å²) in [5.74, 6) is 0.543. The minimum atomic E-state index is -0.468. The van der Waals surface area contributed by atoms with Gasteiger partial charge in [0, 0.05) is 25.9 Å². The summed E-state index contributed by atoms with van der Waals surface area (Å²) in [6, 6.07) is 1.11. The molecule has 1 saturated carbocycles. The number of anilines is 1. The number of rotatable bonds is 2. The molecule has 5 heteroatoms. The Balaban J connectivity index is 2.00. The van der Waals surface area contributed by atoms with Crippen molar-refractivity contribution in [3.63, 3.8) is 0 Å². The molecule has 1 aromatic rings. The van der Waals surface area contributed by atoms with E-state index in [4.69, 9.17) is 5.73 Å². The zero-order valence-electron chi connectivity index (χ0n) is 11.1. The van der Waals surface area contributed by atoms with Gasteiger partial charge < -0.3 is 15.2 Å². The lowest BCUT2D eigenvalue weighted by Gasteiger charge is -2.19. The lowest BCUT2D eigenvalue weighted by atomic mass is 10.1. The predicted octanol–water partition coefficient (Wildman–Crippen LogP) is 0.495. The van der Waals surface area contributed by atoms with Crippen LogP contribution in [0.3, 0.4) is 0 Å². The average Bonchev–Trinajstić information content (AvgIpc) is 3.20. The van der Waals surface area contributed by atoms with Crippen LogP contribution in [0.15, 0.2) is 17.1 Å². The Bertz CT molecular complexity index is 575. The molecule has 2 aliphatic rings. The lowest BCUT2D eigenvalue weighted by Crippen LogP contribution is -2.41. The molecule has 2 N–H and O–H groups in total. The third-order valence-electron chi connectivity index (χ3n) is 4.07. The first kappa shape index (κ1) is 12.4. The molecule has 1 atom stereocenters. The zero-order chi connectivity index (χ0) is 13.6. The summed E-state index contributed by atoms with van der Waals surface area (Å²) in [7, 11) is 1.69. The summed E-state index contributed by atoms with van der Waals surface area (Å²) in [6.45, 7) is 0.801. The molecule has 1 aromatic heterocycles. The first-order chi connectivity index (χ1) is 9.06. The topological polar surface area (TPSA) is 68.3 Å². The van der Waals surface area contributed by atoms with E-state index in [1.165, 1.54) is 17.7 Å². The molecule has 0 bridgehead atoms. The molecule has 1 fully saturated rings. The molecule has 1 aliphatic carbocycles. The maximum atomic E-state index is 12.1. The number of hydrogen-bond donors (Lipinski definition) is 1. The van der Waals surface area contributed by atoms with Gasteiger partial charge in [0.2, 0.25) is 5.91 Å². The molecule has 1 aliphatic heterocycles. The number of amides is 1. The highest BCUT2D eigenvalue weighted by molar-refractivity contribution is 5.97. The second-order valence-corrected chi connectivity index (χ2v) is 5.66. The molecule has 0 unspecified atom stereocenters. The van der Waals surface area contributed by atoms with Crippen LogP contribution in [0.2, 0.25) is 0 Å². The summed E-state index contributed by atoms with van der Waals surface area (Å²) in [6.07, 6.45) is 5.73. The summed E-state index contributed by atoms with van der Waals surface area (Å²) in [5.41, 5.74) is 7.57. The van der Waals surface area contributed by atoms with Crippen LogP contribution in [0.5, 0.6) is 0 Å². The van der Waals surface area contributed by atoms with Gasteiger partial charge in [-0.25, -0.2) is 0 Å². The maximum Gasteiger partial charge on any atom is 0.252 e. The highest BCUT2D eigenvalue weighted by Gasteiger charge is 2.27. The van der Waals surface area contributed by atoms with Crippen LogP contribution < -0.4 is 16.2 Å². The largest absolute Gasteiger partial charge is 0.320 e. The van der Waals surface area contributed by atoms with E-state index in [2.05, 4.69) is 0 Å². The Morgan fingerprint density at radius 1 is 1.32 bits per heavy atom. The number of pyridine rings is 1. The normalized spacial score (nSPS) is 23.2. The van der Waals surface area contributed by atoms with Crippen LogP contribution in [0.4, 0.5) is 5.69 Å². The summed E-state index contributed by atoms with van der Waals surface area (Å²) in [5, 5.41) is 0. The molecule has 19 heavy (non-hydrogen) atoms. The van der Waals surface area contributed by atoms with Crippen molar-refractivity contribution in [1.82, 2.24) is 4.57 Å². The Hall–Kier alpha value is -1.62. The highest BCUT2D eigenvalue weighted by atomic mass is 16.2.